The first-order valence-corrected chi connectivity index (χ1v) is 6.43. The van der Waals surface area contributed by atoms with Gasteiger partial charge in [-0.05, 0) is 18.9 Å². The van der Waals surface area contributed by atoms with E-state index in [0.717, 1.165) is 25.7 Å². The standard InChI is InChI=1S/C12H16ClN3O/c13-10-7-8-14-12(15-10)16-11(17)9-5-3-1-2-4-6-9/h7-9H,1-6H2,(H,14,15,16,17). The van der Waals surface area contributed by atoms with Crippen LogP contribution in [0, 0.1) is 5.92 Å². The highest BCUT2D eigenvalue weighted by Crippen LogP contribution is 2.23. The fourth-order valence-corrected chi connectivity index (χ4v) is 2.29. The third kappa shape index (κ3) is 3.66. The lowest BCUT2D eigenvalue weighted by molar-refractivity contribution is -0.120. The number of aromatic nitrogens is 2. The molecule has 0 unspecified atom stereocenters. The van der Waals surface area contributed by atoms with E-state index in [4.69, 9.17) is 11.6 Å². The SMILES string of the molecule is O=C(Nc1nccc(Cl)n1)C1CCCCCC1. The van der Waals surface area contributed by atoms with E-state index < -0.39 is 0 Å². The zero-order chi connectivity index (χ0) is 12.1. The van der Waals surface area contributed by atoms with Gasteiger partial charge in [-0.1, -0.05) is 37.3 Å². The van der Waals surface area contributed by atoms with Gasteiger partial charge in [0.15, 0.2) is 0 Å². The molecule has 1 amide bonds. The van der Waals surface area contributed by atoms with Gasteiger partial charge < -0.3 is 0 Å². The predicted molar refractivity (Wildman–Crippen MR) is 66.9 cm³/mol. The summed E-state index contributed by atoms with van der Waals surface area (Å²) in [5, 5.41) is 3.08. The minimum absolute atomic E-state index is 0.0224. The van der Waals surface area contributed by atoms with Crippen LogP contribution in [-0.2, 0) is 4.79 Å². The van der Waals surface area contributed by atoms with Crippen molar-refractivity contribution in [3.8, 4) is 0 Å². The molecule has 1 aromatic rings. The fraction of sp³-hybridized carbons (Fsp3) is 0.583. The van der Waals surface area contributed by atoms with Gasteiger partial charge in [0.2, 0.25) is 11.9 Å². The van der Waals surface area contributed by atoms with Crippen molar-refractivity contribution in [3.05, 3.63) is 17.4 Å². The van der Waals surface area contributed by atoms with Crippen molar-refractivity contribution in [3.63, 3.8) is 0 Å². The number of hydrogen-bond donors (Lipinski definition) is 1. The van der Waals surface area contributed by atoms with Crippen LogP contribution in [0.5, 0.6) is 0 Å². The van der Waals surface area contributed by atoms with Gasteiger partial charge >= 0.3 is 0 Å². The summed E-state index contributed by atoms with van der Waals surface area (Å²) in [6.45, 7) is 0. The Bertz CT molecular complexity index is 389. The maximum absolute atomic E-state index is 12.0. The van der Waals surface area contributed by atoms with E-state index in [1.54, 1.807) is 6.07 Å². The number of carbonyl (C=O) groups is 1. The molecule has 1 aromatic heterocycles. The monoisotopic (exact) mass is 253 g/mol. The van der Waals surface area contributed by atoms with Crippen LogP contribution in [-0.4, -0.2) is 15.9 Å². The lowest BCUT2D eigenvalue weighted by Gasteiger charge is -2.12. The molecule has 1 aliphatic carbocycles. The minimum Gasteiger partial charge on any atom is -0.294 e. The topological polar surface area (TPSA) is 54.9 Å². The molecule has 4 nitrogen and oxygen atoms in total. The molecule has 1 aliphatic rings. The first-order chi connectivity index (χ1) is 8.25. The molecular formula is C12H16ClN3O. The molecule has 0 atom stereocenters. The molecule has 17 heavy (non-hydrogen) atoms. The molecule has 0 aromatic carbocycles. The third-order valence-electron chi connectivity index (χ3n) is 3.08. The second-order valence-corrected chi connectivity index (χ2v) is 4.77. The lowest BCUT2D eigenvalue weighted by Crippen LogP contribution is -2.23. The van der Waals surface area contributed by atoms with Crippen molar-refractivity contribution >= 4 is 23.5 Å². The van der Waals surface area contributed by atoms with Crippen molar-refractivity contribution in [2.75, 3.05) is 5.32 Å². The summed E-state index contributed by atoms with van der Waals surface area (Å²) in [5.74, 6) is 0.418. The summed E-state index contributed by atoms with van der Waals surface area (Å²) in [6.07, 6.45) is 8.20. The molecular weight excluding hydrogens is 238 g/mol. The van der Waals surface area contributed by atoms with Crippen LogP contribution in [0.15, 0.2) is 12.3 Å². The normalized spacial score (nSPS) is 17.5. The highest BCUT2D eigenvalue weighted by Gasteiger charge is 2.20. The number of carbonyl (C=O) groups excluding carboxylic acids is 1. The molecule has 2 rings (SSSR count). The molecule has 1 saturated carbocycles. The Balaban J connectivity index is 1.95. The molecule has 5 heteroatoms. The van der Waals surface area contributed by atoms with Crippen molar-refractivity contribution in [1.82, 2.24) is 9.97 Å². The Kier molecular flexibility index (Phi) is 4.31. The second kappa shape index (κ2) is 5.96. The van der Waals surface area contributed by atoms with E-state index in [1.165, 1.54) is 19.0 Å². The van der Waals surface area contributed by atoms with Crippen molar-refractivity contribution < 1.29 is 4.79 Å². The first-order valence-electron chi connectivity index (χ1n) is 6.05. The average molecular weight is 254 g/mol. The van der Waals surface area contributed by atoms with Crippen molar-refractivity contribution in [1.29, 1.82) is 0 Å². The molecule has 1 N–H and O–H groups in total. The van der Waals surface area contributed by atoms with Gasteiger partial charge in [0.05, 0.1) is 0 Å². The zero-order valence-corrected chi connectivity index (χ0v) is 10.4. The summed E-state index contributed by atoms with van der Waals surface area (Å²) in [5.41, 5.74) is 0. The molecule has 0 radical (unpaired) electrons. The Hall–Kier alpha value is -1.16. The van der Waals surface area contributed by atoms with Gasteiger partial charge in [-0.2, -0.15) is 0 Å². The third-order valence-corrected chi connectivity index (χ3v) is 3.29. The van der Waals surface area contributed by atoms with Crippen LogP contribution in [0.1, 0.15) is 38.5 Å². The van der Waals surface area contributed by atoms with Gasteiger partial charge in [0.25, 0.3) is 0 Å². The molecule has 0 bridgehead atoms. The largest absolute Gasteiger partial charge is 0.294 e. The number of nitrogens with one attached hydrogen (secondary N) is 1. The lowest BCUT2D eigenvalue weighted by atomic mass is 10.00. The first kappa shape index (κ1) is 12.3. The Morgan fingerprint density at radius 3 is 2.65 bits per heavy atom. The van der Waals surface area contributed by atoms with Crippen molar-refractivity contribution in [2.45, 2.75) is 38.5 Å². The van der Waals surface area contributed by atoms with Gasteiger partial charge in [-0.3, -0.25) is 10.1 Å². The van der Waals surface area contributed by atoms with Crippen LogP contribution >= 0.6 is 11.6 Å². The number of anilines is 1. The van der Waals surface area contributed by atoms with Crippen LogP contribution in [0.2, 0.25) is 5.15 Å². The molecule has 1 fully saturated rings. The molecule has 92 valence electrons. The fourth-order valence-electron chi connectivity index (χ4n) is 2.15. The summed E-state index contributed by atoms with van der Waals surface area (Å²) in [7, 11) is 0. The quantitative estimate of drug-likeness (QED) is 0.651. The summed E-state index contributed by atoms with van der Waals surface area (Å²) in [4.78, 5) is 19.9. The van der Waals surface area contributed by atoms with Crippen LogP contribution in [0.3, 0.4) is 0 Å². The van der Waals surface area contributed by atoms with Crippen LogP contribution < -0.4 is 5.32 Å². The molecule has 0 spiro atoms. The molecule has 1 heterocycles. The summed E-state index contributed by atoms with van der Waals surface area (Å²) >= 11 is 5.74. The Labute approximate surface area is 106 Å². The molecule has 0 saturated heterocycles. The van der Waals surface area contributed by atoms with E-state index >= 15 is 0 Å². The number of rotatable bonds is 2. The van der Waals surface area contributed by atoms with Gasteiger partial charge in [-0.15, -0.1) is 0 Å². The highest BCUT2D eigenvalue weighted by molar-refractivity contribution is 6.29. The van der Waals surface area contributed by atoms with Crippen molar-refractivity contribution in [2.24, 2.45) is 5.92 Å². The number of amides is 1. The van der Waals surface area contributed by atoms with E-state index in [0.29, 0.717) is 11.1 Å². The second-order valence-electron chi connectivity index (χ2n) is 4.38. The van der Waals surface area contributed by atoms with E-state index in [-0.39, 0.29) is 11.8 Å². The number of hydrogen-bond acceptors (Lipinski definition) is 3. The van der Waals surface area contributed by atoms with E-state index in [9.17, 15) is 4.79 Å². The maximum Gasteiger partial charge on any atom is 0.230 e. The molecule has 0 aliphatic heterocycles. The van der Waals surface area contributed by atoms with E-state index in [2.05, 4.69) is 15.3 Å². The minimum atomic E-state index is 0.0224. The highest BCUT2D eigenvalue weighted by atomic mass is 35.5. The smallest absolute Gasteiger partial charge is 0.230 e. The predicted octanol–water partition coefficient (Wildman–Crippen LogP) is 3.04. The van der Waals surface area contributed by atoms with Gasteiger partial charge in [-0.25, -0.2) is 9.97 Å². The Morgan fingerprint density at radius 1 is 1.29 bits per heavy atom. The summed E-state index contributed by atoms with van der Waals surface area (Å²) < 4.78 is 0. The van der Waals surface area contributed by atoms with Crippen LogP contribution in [0.25, 0.3) is 0 Å². The average Bonchev–Trinajstić information content (AvgIpc) is 2.57. The zero-order valence-electron chi connectivity index (χ0n) is 9.66. The van der Waals surface area contributed by atoms with E-state index in [1.807, 2.05) is 0 Å². The Morgan fingerprint density at radius 2 is 2.00 bits per heavy atom. The van der Waals surface area contributed by atoms with Gasteiger partial charge in [0.1, 0.15) is 5.15 Å². The number of nitrogens with zero attached hydrogens (tertiary/aromatic N) is 2. The summed E-state index contributed by atoms with van der Waals surface area (Å²) in [6, 6.07) is 1.59. The maximum atomic E-state index is 12.0. The van der Waals surface area contributed by atoms with Gasteiger partial charge in [0, 0.05) is 12.1 Å². The number of halogens is 1. The van der Waals surface area contributed by atoms with Crippen LogP contribution in [0.4, 0.5) is 5.95 Å².